The molecule has 4 N–H and O–H groups in total. The van der Waals surface area contributed by atoms with Crippen molar-refractivity contribution in [2.24, 2.45) is 5.73 Å². The molecule has 3 nitrogen and oxygen atoms in total. The van der Waals surface area contributed by atoms with Gasteiger partial charge >= 0.3 is 6.18 Å². The van der Waals surface area contributed by atoms with Crippen molar-refractivity contribution < 1.29 is 18.0 Å². The zero-order valence-corrected chi connectivity index (χ0v) is 9.73. The van der Waals surface area contributed by atoms with Crippen molar-refractivity contribution >= 4 is 23.9 Å². The lowest BCUT2D eigenvalue weighted by atomic mass is 10.0. The lowest BCUT2D eigenvalue weighted by molar-refractivity contribution is -0.137. The number of anilines is 1. The number of benzene rings is 1. The minimum Gasteiger partial charge on any atom is -0.398 e. The van der Waals surface area contributed by atoms with Gasteiger partial charge in [0.2, 0.25) is 0 Å². The van der Waals surface area contributed by atoms with Gasteiger partial charge in [0.25, 0.3) is 0 Å². The fourth-order valence-corrected chi connectivity index (χ4v) is 1.19. The predicted octanol–water partition coefficient (Wildman–Crippen LogP) is 2.24. The standard InChI is InChI=1S/C10H11F3N2O.ClH/c1-5(14)9(16)7-4-6(10(11,12)13)2-3-8(7)15;/h2-5H,14-15H2,1H3;1H/t5-;/m0./s1. The van der Waals surface area contributed by atoms with E-state index in [4.69, 9.17) is 11.5 Å². The number of alkyl halides is 3. The number of nitrogen functional groups attached to an aromatic ring is 1. The summed E-state index contributed by atoms with van der Waals surface area (Å²) >= 11 is 0. The van der Waals surface area contributed by atoms with Gasteiger partial charge in [0.05, 0.1) is 11.6 Å². The summed E-state index contributed by atoms with van der Waals surface area (Å²) in [4.78, 5) is 11.5. The molecule has 1 atom stereocenters. The summed E-state index contributed by atoms with van der Waals surface area (Å²) in [5, 5.41) is 0. The highest BCUT2D eigenvalue weighted by Crippen LogP contribution is 2.31. The quantitative estimate of drug-likeness (QED) is 0.638. The summed E-state index contributed by atoms with van der Waals surface area (Å²) < 4.78 is 37.1. The Hall–Kier alpha value is -1.27. The SMILES string of the molecule is C[C@H](N)C(=O)c1cc(C(F)(F)F)ccc1N.Cl. The van der Waals surface area contributed by atoms with Crippen molar-refractivity contribution in [1.82, 2.24) is 0 Å². The number of rotatable bonds is 2. The van der Waals surface area contributed by atoms with Gasteiger partial charge in [-0.05, 0) is 25.1 Å². The van der Waals surface area contributed by atoms with Gasteiger partial charge in [-0.2, -0.15) is 13.2 Å². The van der Waals surface area contributed by atoms with Crippen molar-refractivity contribution in [3.05, 3.63) is 29.3 Å². The third-order valence-corrected chi connectivity index (χ3v) is 2.06. The van der Waals surface area contributed by atoms with Crippen LogP contribution in [0.25, 0.3) is 0 Å². The van der Waals surface area contributed by atoms with Crippen LogP contribution in [0.3, 0.4) is 0 Å². The Labute approximate surface area is 102 Å². The molecule has 1 rings (SSSR count). The van der Waals surface area contributed by atoms with Gasteiger partial charge in [-0.1, -0.05) is 0 Å². The van der Waals surface area contributed by atoms with E-state index in [1.807, 2.05) is 0 Å². The van der Waals surface area contributed by atoms with E-state index in [1.165, 1.54) is 6.92 Å². The lowest BCUT2D eigenvalue weighted by Gasteiger charge is -2.11. The third-order valence-electron chi connectivity index (χ3n) is 2.06. The molecule has 7 heteroatoms. The van der Waals surface area contributed by atoms with Crippen LogP contribution in [0.1, 0.15) is 22.8 Å². The van der Waals surface area contributed by atoms with Gasteiger partial charge in [-0.15, -0.1) is 12.4 Å². The first-order chi connectivity index (χ1) is 7.23. The smallest absolute Gasteiger partial charge is 0.398 e. The monoisotopic (exact) mass is 268 g/mol. The van der Waals surface area contributed by atoms with E-state index >= 15 is 0 Å². The molecule has 1 aromatic carbocycles. The zero-order valence-electron chi connectivity index (χ0n) is 8.91. The van der Waals surface area contributed by atoms with Crippen molar-refractivity contribution in [1.29, 1.82) is 0 Å². The molecule has 96 valence electrons. The first kappa shape index (κ1) is 15.7. The summed E-state index contributed by atoms with van der Waals surface area (Å²) in [5.41, 5.74) is 9.63. The van der Waals surface area contributed by atoms with Gasteiger partial charge in [0.1, 0.15) is 0 Å². The van der Waals surface area contributed by atoms with Crippen molar-refractivity contribution in [2.75, 3.05) is 5.73 Å². The second-order valence-electron chi connectivity index (χ2n) is 3.45. The van der Waals surface area contributed by atoms with Crippen LogP contribution in [0.15, 0.2) is 18.2 Å². The Bertz CT molecular complexity index is 419. The summed E-state index contributed by atoms with van der Waals surface area (Å²) in [7, 11) is 0. The molecular formula is C10H12ClF3N2O. The summed E-state index contributed by atoms with van der Waals surface area (Å²) in [5.74, 6) is -0.608. The fourth-order valence-electron chi connectivity index (χ4n) is 1.19. The second-order valence-corrected chi connectivity index (χ2v) is 3.45. The summed E-state index contributed by atoms with van der Waals surface area (Å²) in [6.07, 6.45) is -4.50. The van der Waals surface area contributed by atoms with Crippen LogP contribution in [-0.4, -0.2) is 11.8 Å². The Morgan fingerprint density at radius 1 is 1.35 bits per heavy atom. The van der Waals surface area contributed by atoms with E-state index in [0.29, 0.717) is 0 Å². The third kappa shape index (κ3) is 3.61. The molecule has 0 fully saturated rings. The number of nitrogens with two attached hydrogens (primary N) is 2. The fraction of sp³-hybridized carbons (Fsp3) is 0.300. The first-order valence-electron chi connectivity index (χ1n) is 4.50. The molecule has 0 heterocycles. The van der Waals surface area contributed by atoms with Crippen LogP contribution in [0.4, 0.5) is 18.9 Å². The highest BCUT2D eigenvalue weighted by atomic mass is 35.5. The normalized spacial score (nSPS) is 12.8. The highest BCUT2D eigenvalue weighted by Gasteiger charge is 2.31. The molecule has 0 bridgehead atoms. The van der Waals surface area contributed by atoms with Gasteiger partial charge in [-0.25, -0.2) is 0 Å². The number of ketones is 1. The molecule has 0 saturated carbocycles. The molecule has 0 aromatic heterocycles. The van der Waals surface area contributed by atoms with E-state index in [-0.39, 0.29) is 23.7 Å². The Balaban J connectivity index is 0.00000256. The minimum absolute atomic E-state index is 0. The van der Waals surface area contributed by atoms with Gasteiger partial charge in [0.15, 0.2) is 5.78 Å². The topological polar surface area (TPSA) is 69.1 Å². The van der Waals surface area contributed by atoms with E-state index in [9.17, 15) is 18.0 Å². The molecule has 17 heavy (non-hydrogen) atoms. The average Bonchev–Trinajstić information content (AvgIpc) is 2.15. The number of carbonyl (C=O) groups is 1. The molecule has 0 spiro atoms. The Morgan fingerprint density at radius 3 is 2.29 bits per heavy atom. The summed E-state index contributed by atoms with van der Waals surface area (Å²) in [6, 6.07) is 1.72. The van der Waals surface area contributed by atoms with Crippen molar-refractivity contribution in [2.45, 2.75) is 19.1 Å². The van der Waals surface area contributed by atoms with Crippen LogP contribution >= 0.6 is 12.4 Å². The van der Waals surface area contributed by atoms with E-state index in [0.717, 1.165) is 18.2 Å². The van der Waals surface area contributed by atoms with Crippen molar-refractivity contribution in [3.63, 3.8) is 0 Å². The number of carbonyl (C=O) groups excluding carboxylic acids is 1. The molecule has 0 radical (unpaired) electrons. The molecule has 0 aliphatic rings. The maximum atomic E-state index is 12.4. The van der Waals surface area contributed by atoms with Crippen LogP contribution < -0.4 is 11.5 Å². The van der Waals surface area contributed by atoms with E-state index < -0.39 is 23.6 Å². The molecule has 0 unspecified atom stereocenters. The van der Waals surface area contributed by atoms with Gasteiger partial charge in [-0.3, -0.25) is 4.79 Å². The number of Topliss-reactive ketones (excluding diaryl/α,β-unsaturated/α-hetero) is 1. The number of halogens is 4. The molecule has 0 saturated heterocycles. The average molecular weight is 269 g/mol. The first-order valence-corrected chi connectivity index (χ1v) is 4.50. The molecular weight excluding hydrogens is 257 g/mol. The van der Waals surface area contributed by atoms with E-state index in [1.54, 1.807) is 0 Å². The zero-order chi connectivity index (χ0) is 12.5. The van der Waals surface area contributed by atoms with Gasteiger partial charge < -0.3 is 11.5 Å². The Kier molecular flexibility index (Phi) is 4.97. The van der Waals surface area contributed by atoms with Gasteiger partial charge in [0, 0.05) is 11.3 Å². The number of hydrogen-bond donors (Lipinski definition) is 2. The predicted molar refractivity (Wildman–Crippen MR) is 61.1 cm³/mol. The maximum Gasteiger partial charge on any atom is 0.416 e. The number of hydrogen-bond acceptors (Lipinski definition) is 3. The Morgan fingerprint density at radius 2 is 1.88 bits per heavy atom. The lowest BCUT2D eigenvalue weighted by Crippen LogP contribution is -2.27. The molecule has 1 aromatic rings. The summed E-state index contributed by atoms with van der Waals surface area (Å²) in [6.45, 7) is 1.39. The molecule has 0 aliphatic carbocycles. The largest absolute Gasteiger partial charge is 0.416 e. The van der Waals surface area contributed by atoms with Crippen LogP contribution in [0, 0.1) is 0 Å². The molecule has 0 amide bonds. The van der Waals surface area contributed by atoms with Crippen LogP contribution in [-0.2, 0) is 6.18 Å². The second kappa shape index (κ2) is 5.37. The van der Waals surface area contributed by atoms with Crippen molar-refractivity contribution in [3.8, 4) is 0 Å². The minimum atomic E-state index is -4.50. The van der Waals surface area contributed by atoms with E-state index in [2.05, 4.69) is 0 Å². The highest BCUT2D eigenvalue weighted by molar-refractivity contribution is 6.04. The van der Waals surface area contributed by atoms with Crippen LogP contribution in [0.2, 0.25) is 0 Å². The van der Waals surface area contributed by atoms with Crippen LogP contribution in [0.5, 0.6) is 0 Å². The maximum absolute atomic E-state index is 12.4. The molecule has 0 aliphatic heterocycles.